The van der Waals surface area contributed by atoms with Gasteiger partial charge in [0, 0.05) is 12.8 Å². The van der Waals surface area contributed by atoms with E-state index in [4.69, 9.17) is 9.47 Å². The van der Waals surface area contributed by atoms with Gasteiger partial charge in [0.25, 0.3) is 5.88 Å². The predicted molar refractivity (Wildman–Crippen MR) is 88.5 cm³/mol. The summed E-state index contributed by atoms with van der Waals surface area (Å²) in [5.41, 5.74) is 2.75. The molecular weight excluding hydrogens is 328 g/mol. The van der Waals surface area contributed by atoms with Crippen molar-refractivity contribution in [2.24, 2.45) is 0 Å². The highest BCUT2D eigenvalue weighted by Crippen LogP contribution is 2.23. The quantitative estimate of drug-likeness (QED) is 0.682. The highest BCUT2D eigenvalue weighted by atomic mass is 19.1. The summed E-state index contributed by atoms with van der Waals surface area (Å²) in [5.74, 6) is -1.08. The van der Waals surface area contributed by atoms with Crippen LogP contribution in [0.25, 0.3) is 5.65 Å². The Balaban J connectivity index is 1.96. The Morgan fingerprint density at radius 1 is 1.08 bits per heavy atom. The molecule has 0 saturated carbocycles. The third-order valence-corrected chi connectivity index (χ3v) is 3.85. The van der Waals surface area contributed by atoms with Crippen LogP contribution in [0, 0.1) is 25.5 Å². The van der Waals surface area contributed by atoms with E-state index in [0.29, 0.717) is 24.6 Å². The van der Waals surface area contributed by atoms with E-state index in [1.807, 2.05) is 31.4 Å². The minimum atomic E-state index is -0.653. The maximum absolute atomic E-state index is 13.8. The van der Waals surface area contributed by atoms with Crippen LogP contribution in [0.5, 0.6) is 5.88 Å². The van der Waals surface area contributed by atoms with Crippen molar-refractivity contribution < 1.29 is 18.3 Å². The molecule has 0 saturated heterocycles. The summed E-state index contributed by atoms with van der Waals surface area (Å²) < 4.78 is 40.5. The van der Waals surface area contributed by atoms with Gasteiger partial charge in [-0.25, -0.2) is 18.7 Å². The molecule has 2 aromatic heterocycles. The SMILES string of the molecule is CCOCc1c(C)nc2c(OCc3c(F)cccc3F)nc(C)cn12. The van der Waals surface area contributed by atoms with Gasteiger partial charge < -0.3 is 9.47 Å². The van der Waals surface area contributed by atoms with Crippen LogP contribution < -0.4 is 4.74 Å². The average molecular weight is 347 g/mol. The molecule has 3 rings (SSSR count). The number of benzene rings is 1. The molecule has 0 unspecified atom stereocenters. The van der Waals surface area contributed by atoms with Crippen LogP contribution in [0.1, 0.15) is 29.6 Å². The van der Waals surface area contributed by atoms with Gasteiger partial charge in [-0.1, -0.05) is 6.07 Å². The van der Waals surface area contributed by atoms with E-state index in [2.05, 4.69) is 9.97 Å². The summed E-state index contributed by atoms with van der Waals surface area (Å²) >= 11 is 0. The van der Waals surface area contributed by atoms with Gasteiger partial charge in [-0.2, -0.15) is 0 Å². The van der Waals surface area contributed by atoms with Gasteiger partial charge >= 0.3 is 0 Å². The third kappa shape index (κ3) is 3.46. The summed E-state index contributed by atoms with van der Waals surface area (Å²) in [6, 6.07) is 3.71. The number of nitrogens with zero attached hydrogens (tertiary/aromatic N) is 3. The molecule has 0 aliphatic carbocycles. The van der Waals surface area contributed by atoms with Gasteiger partial charge in [-0.15, -0.1) is 0 Å². The number of ether oxygens (including phenoxy) is 2. The molecule has 0 radical (unpaired) electrons. The van der Waals surface area contributed by atoms with Gasteiger partial charge in [0.15, 0.2) is 0 Å². The second kappa shape index (κ2) is 7.14. The maximum Gasteiger partial charge on any atom is 0.258 e. The van der Waals surface area contributed by atoms with Crippen LogP contribution in [0.4, 0.5) is 8.78 Å². The molecule has 3 aromatic rings. The smallest absolute Gasteiger partial charge is 0.258 e. The average Bonchev–Trinajstić information content (AvgIpc) is 2.88. The van der Waals surface area contributed by atoms with Crippen LogP contribution in [0.2, 0.25) is 0 Å². The molecule has 0 aliphatic rings. The van der Waals surface area contributed by atoms with Crippen LogP contribution in [-0.2, 0) is 18.0 Å². The van der Waals surface area contributed by atoms with Crippen molar-refractivity contribution in [1.82, 2.24) is 14.4 Å². The highest BCUT2D eigenvalue weighted by Gasteiger charge is 2.16. The van der Waals surface area contributed by atoms with Crippen molar-refractivity contribution in [3.05, 3.63) is 58.7 Å². The Morgan fingerprint density at radius 3 is 2.48 bits per heavy atom. The minimum absolute atomic E-state index is 0.137. The Hall–Kier alpha value is -2.54. The molecule has 132 valence electrons. The monoisotopic (exact) mass is 347 g/mol. The van der Waals surface area contributed by atoms with E-state index in [-0.39, 0.29) is 18.1 Å². The number of aryl methyl sites for hydroxylation is 2. The summed E-state index contributed by atoms with van der Waals surface area (Å²) in [6.07, 6.45) is 1.83. The lowest BCUT2D eigenvalue weighted by atomic mass is 10.2. The van der Waals surface area contributed by atoms with Crippen LogP contribution in [0.3, 0.4) is 0 Å². The number of aromatic nitrogens is 3. The molecule has 5 nitrogen and oxygen atoms in total. The topological polar surface area (TPSA) is 48.7 Å². The second-order valence-electron chi connectivity index (χ2n) is 5.65. The first-order valence-electron chi connectivity index (χ1n) is 7.99. The lowest BCUT2D eigenvalue weighted by molar-refractivity contribution is 0.130. The van der Waals surface area contributed by atoms with Gasteiger partial charge in [0.05, 0.1) is 29.3 Å². The first-order chi connectivity index (χ1) is 12.0. The third-order valence-electron chi connectivity index (χ3n) is 3.85. The number of rotatable bonds is 6. The molecule has 25 heavy (non-hydrogen) atoms. The largest absolute Gasteiger partial charge is 0.470 e. The van der Waals surface area contributed by atoms with Crippen LogP contribution in [0.15, 0.2) is 24.4 Å². The van der Waals surface area contributed by atoms with Crippen LogP contribution >= 0.6 is 0 Å². The maximum atomic E-state index is 13.8. The van der Waals surface area contributed by atoms with Crippen molar-refractivity contribution in [2.75, 3.05) is 6.61 Å². The highest BCUT2D eigenvalue weighted by molar-refractivity contribution is 5.52. The Morgan fingerprint density at radius 2 is 1.80 bits per heavy atom. The Labute approximate surface area is 144 Å². The number of halogens is 2. The van der Waals surface area contributed by atoms with E-state index >= 15 is 0 Å². The number of hydrogen-bond donors (Lipinski definition) is 0. The summed E-state index contributed by atoms with van der Waals surface area (Å²) in [7, 11) is 0. The minimum Gasteiger partial charge on any atom is -0.470 e. The lowest BCUT2D eigenvalue weighted by Gasteiger charge is -2.10. The molecule has 0 N–H and O–H groups in total. The molecule has 0 fully saturated rings. The molecular formula is C18H19F2N3O2. The fourth-order valence-electron chi connectivity index (χ4n) is 2.58. The van der Waals surface area contributed by atoms with Crippen molar-refractivity contribution in [1.29, 1.82) is 0 Å². The first kappa shape index (κ1) is 17.3. The van der Waals surface area contributed by atoms with Crippen LogP contribution in [-0.4, -0.2) is 21.0 Å². The second-order valence-corrected chi connectivity index (χ2v) is 5.65. The van der Waals surface area contributed by atoms with E-state index in [0.717, 1.165) is 11.4 Å². The number of fused-ring (bicyclic) bond motifs is 1. The molecule has 2 heterocycles. The Bertz CT molecular complexity index is 889. The summed E-state index contributed by atoms with van der Waals surface area (Å²) in [4.78, 5) is 8.79. The molecule has 0 spiro atoms. The standard InChI is InChI=1S/C18H19F2N3O2/c1-4-24-10-16-12(3)22-17-18(21-11(2)8-23(16)17)25-9-13-14(19)6-5-7-15(13)20/h5-8H,4,9-10H2,1-3H3. The number of imidazole rings is 1. The zero-order valence-corrected chi connectivity index (χ0v) is 14.3. The van der Waals surface area contributed by atoms with Gasteiger partial charge in [0.1, 0.15) is 18.2 Å². The number of hydrogen-bond acceptors (Lipinski definition) is 4. The fourth-order valence-corrected chi connectivity index (χ4v) is 2.58. The molecule has 0 aliphatic heterocycles. The lowest BCUT2D eigenvalue weighted by Crippen LogP contribution is -2.06. The van der Waals surface area contributed by atoms with Gasteiger partial charge in [-0.3, -0.25) is 4.40 Å². The van der Waals surface area contributed by atoms with Gasteiger partial charge in [0.2, 0.25) is 5.65 Å². The fraction of sp³-hybridized carbons (Fsp3) is 0.333. The normalized spacial score (nSPS) is 11.2. The van der Waals surface area contributed by atoms with Crippen molar-refractivity contribution in [3.8, 4) is 5.88 Å². The summed E-state index contributed by atoms with van der Waals surface area (Å²) in [6.45, 7) is 6.34. The summed E-state index contributed by atoms with van der Waals surface area (Å²) in [5, 5.41) is 0. The molecule has 7 heteroatoms. The predicted octanol–water partition coefficient (Wildman–Crippen LogP) is 3.74. The van der Waals surface area contributed by atoms with Crippen molar-refractivity contribution >= 4 is 5.65 Å². The van der Waals surface area contributed by atoms with E-state index in [1.165, 1.54) is 18.2 Å². The van der Waals surface area contributed by atoms with Crippen molar-refractivity contribution in [3.63, 3.8) is 0 Å². The first-order valence-corrected chi connectivity index (χ1v) is 7.99. The Kier molecular flexibility index (Phi) is 4.94. The molecule has 1 aromatic carbocycles. The molecule has 0 atom stereocenters. The molecule has 0 bridgehead atoms. The van der Waals surface area contributed by atoms with E-state index < -0.39 is 11.6 Å². The molecule has 0 amide bonds. The zero-order chi connectivity index (χ0) is 18.0. The zero-order valence-electron chi connectivity index (χ0n) is 14.3. The van der Waals surface area contributed by atoms with E-state index in [1.54, 1.807) is 0 Å². The van der Waals surface area contributed by atoms with Gasteiger partial charge in [-0.05, 0) is 32.9 Å². The van der Waals surface area contributed by atoms with Crippen molar-refractivity contribution in [2.45, 2.75) is 34.0 Å². The van der Waals surface area contributed by atoms with E-state index in [9.17, 15) is 8.78 Å².